The van der Waals surface area contributed by atoms with Crippen molar-refractivity contribution in [2.75, 3.05) is 11.9 Å². The third-order valence-electron chi connectivity index (χ3n) is 7.02. The topological polar surface area (TPSA) is 143 Å². The van der Waals surface area contributed by atoms with Gasteiger partial charge in [0.15, 0.2) is 5.11 Å². The standard InChI is InChI=1S/C30H31N5O6S/c1-20(26(36)41-19-22-8-4-3-5-9-22)16-17-34-27(37)30(2,33-29(34)38)23-14-12-21(13-15-23)18-31-28(42)32-24-10-6-7-11-25(24)35(39)40/h3-15,20H,16-19H2,1-2H3,(H,33,38)(H2,31,32,42). The number of para-hydroxylation sites is 2. The molecule has 3 aromatic carbocycles. The van der Waals surface area contributed by atoms with Gasteiger partial charge in [-0.25, -0.2) is 4.79 Å². The Bertz CT molecular complexity index is 1480. The maximum Gasteiger partial charge on any atom is 0.325 e. The van der Waals surface area contributed by atoms with Crippen molar-refractivity contribution < 1.29 is 24.0 Å². The average molecular weight is 590 g/mol. The Morgan fingerprint density at radius 2 is 1.71 bits per heavy atom. The van der Waals surface area contributed by atoms with Crippen LogP contribution in [-0.2, 0) is 33.0 Å². The summed E-state index contributed by atoms with van der Waals surface area (Å²) in [5.74, 6) is -1.30. The third kappa shape index (κ3) is 7.07. The van der Waals surface area contributed by atoms with Crippen molar-refractivity contribution in [1.29, 1.82) is 0 Å². The highest BCUT2D eigenvalue weighted by Crippen LogP contribution is 2.30. The first-order valence-corrected chi connectivity index (χ1v) is 13.7. The Kier molecular flexibility index (Phi) is 9.48. The second-order valence-electron chi connectivity index (χ2n) is 10.1. The van der Waals surface area contributed by atoms with Gasteiger partial charge in [-0.15, -0.1) is 0 Å². The SMILES string of the molecule is CC(CCN1C(=O)NC(C)(c2ccc(CNC(=S)Nc3ccccc3[N+](=O)[O-])cc2)C1=O)C(=O)OCc1ccccc1. The van der Waals surface area contributed by atoms with Crippen molar-refractivity contribution in [3.63, 3.8) is 0 Å². The number of imide groups is 1. The van der Waals surface area contributed by atoms with Crippen molar-refractivity contribution in [2.24, 2.45) is 5.92 Å². The molecule has 4 rings (SSSR count). The Morgan fingerprint density at radius 1 is 1.05 bits per heavy atom. The zero-order valence-corrected chi connectivity index (χ0v) is 24.0. The van der Waals surface area contributed by atoms with Gasteiger partial charge in [0.1, 0.15) is 17.8 Å². The number of rotatable bonds is 11. The van der Waals surface area contributed by atoms with Crippen molar-refractivity contribution in [3.05, 3.63) is 106 Å². The molecule has 42 heavy (non-hydrogen) atoms. The first kappa shape index (κ1) is 30.1. The summed E-state index contributed by atoms with van der Waals surface area (Å²) in [5.41, 5.74) is 1.25. The highest BCUT2D eigenvalue weighted by atomic mass is 32.1. The summed E-state index contributed by atoms with van der Waals surface area (Å²) in [5, 5.41) is 20.0. The molecule has 1 aliphatic heterocycles. The smallest absolute Gasteiger partial charge is 0.325 e. The molecule has 1 heterocycles. The Morgan fingerprint density at radius 3 is 2.40 bits per heavy atom. The molecular weight excluding hydrogens is 558 g/mol. The molecule has 3 aromatic rings. The van der Waals surface area contributed by atoms with Gasteiger partial charge in [-0.05, 0) is 48.3 Å². The molecule has 12 heteroatoms. The van der Waals surface area contributed by atoms with Crippen molar-refractivity contribution in [3.8, 4) is 0 Å². The molecule has 11 nitrogen and oxygen atoms in total. The minimum Gasteiger partial charge on any atom is -0.461 e. The lowest BCUT2D eigenvalue weighted by Gasteiger charge is -2.23. The highest BCUT2D eigenvalue weighted by molar-refractivity contribution is 7.80. The van der Waals surface area contributed by atoms with E-state index in [1.807, 2.05) is 30.3 Å². The fourth-order valence-electron chi connectivity index (χ4n) is 4.45. The number of thiocarbonyl (C=S) groups is 1. The zero-order valence-electron chi connectivity index (χ0n) is 23.2. The summed E-state index contributed by atoms with van der Waals surface area (Å²) in [4.78, 5) is 50.3. The quantitative estimate of drug-likeness (QED) is 0.0960. The number of urea groups is 1. The molecular formula is C30H31N5O6S. The number of nitro groups is 1. The van der Waals surface area contributed by atoms with Gasteiger partial charge in [-0.3, -0.25) is 24.6 Å². The van der Waals surface area contributed by atoms with E-state index >= 15 is 0 Å². The third-order valence-corrected chi connectivity index (χ3v) is 7.27. The molecule has 0 aliphatic carbocycles. The lowest BCUT2D eigenvalue weighted by Crippen LogP contribution is -2.41. The van der Waals surface area contributed by atoms with Crippen LogP contribution >= 0.6 is 12.2 Å². The number of amides is 3. The van der Waals surface area contributed by atoms with Crippen LogP contribution in [0.4, 0.5) is 16.2 Å². The normalized spacial score (nSPS) is 16.9. The number of anilines is 1. The number of nitro benzene ring substituents is 1. The number of esters is 1. The fraction of sp³-hybridized carbons (Fsp3) is 0.267. The zero-order chi connectivity index (χ0) is 30.3. The van der Waals surface area contributed by atoms with E-state index in [0.717, 1.165) is 16.0 Å². The largest absolute Gasteiger partial charge is 0.461 e. The molecule has 1 fully saturated rings. The van der Waals surface area contributed by atoms with Crippen LogP contribution in [-0.4, -0.2) is 39.4 Å². The minimum absolute atomic E-state index is 0.0773. The van der Waals surface area contributed by atoms with Gasteiger partial charge in [0.05, 0.1) is 10.8 Å². The molecule has 1 saturated heterocycles. The van der Waals surface area contributed by atoms with Gasteiger partial charge in [0.25, 0.3) is 11.6 Å². The average Bonchev–Trinajstić information content (AvgIpc) is 3.21. The molecule has 0 saturated carbocycles. The first-order valence-electron chi connectivity index (χ1n) is 13.3. The Hall–Kier alpha value is -4.84. The Labute approximate surface area is 248 Å². The molecule has 0 radical (unpaired) electrons. The predicted molar refractivity (Wildman–Crippen MR) is 160 cm³/mol. The van der Waals surface area contributed by atoms with Crippen LogP contribution in [0.1, 0.15) is 37.0 Å². The van der Waals surface area contributed by atoms with Gasteiger partial charge in [-0.2, -0.15) is 0 Å². The van der Waals surface area contributed by atoms with Crippen LogP contribution in [0.25, 0.3) is 0 Å². The summed E-state index contributed by atoms with van der Waals surface area (Å²) in [6, 6.07) is 22.1. The molecule has 218 valence electrons. The van der Waals surface area contributed by atoms with E-state index in [-0.39, 0.29) is 36.1 Å². The molecule has 2 unspecified atom stereocenters. The molecule has 3 amide bonds. The number of nitrogens with one attached hydrogen (secondary N) is 3. The van der Waals surface area contributed by atoms with Crippen LogP contribution in [0.3, 0.4) is 0 Å². The van der Waals surface area contributed by atoms with Crippen molar-refractivity contribution in [2.45, 2.75) is 39.0 Å². The maximum atomic E-state index is 13.3. The predicted octanol–water partition coefficient (Wildman–Crippen LogP) is 4.62. The second-order valence-corrected chi connectivity index (χ2v) is 10.5. The van der Waals surface area contributed by atoms with E-state index in [1.54, 1.807) is 56.3 Å². The summed E-state index contributed by atoms with van der Waals surface area (Å²) >= 11 is 5.28. The maximum absolute atomic E-state index is 13.3. The van der Waals surface area contributed by atoms with E-state index in [1.165, 1.54) is 6.07 Å². The highest BCUT2D eigenvalue weighted by Gasteiger charge is 2.48. The van der Waals surface area contributed by atoms with Crippen LogP contribution in [0, 0.1) is 16.0 Å². The lowest BCUT2D eigenvalue weighted by molar-refractivity contribution is -0.383. The monoisotopic (exact) mass is 589 g/mol. The van der Waals surface area contributed by atoms with Crippen LogP contribution in [0.2, 0.25) is 0 Å². The minimum atomic E-state index is -1.26. The molecule has 1 aliphatic rings. The van der Waals surface area contributed by atoms with Gasteiger partial charge in [0.2, 0.25) is 0 Å². The fourth-order valence-corrected chi connectivity index (χ4v) is 4.63. The molecule has 0 aromatic heterocycles. The molecule has 0 spiro atoms. The number of benzene rings is 3. The number of carbonyl (C=O) groups excluding carboxylic acids is 3. The number of ether oxygens (including phenoxy) is 1. The number of carbonyl (C=O) groups is 3. The van der Waals surface area contributed by atoms with Crippen LogP contribution in [0.15, 0.2) is 78.9 Å². The van der Waals surface area contributed by atoms with E-state index in [4.69, 9.17) is 17.0 Å². The van der Waals surface area contributed by atoms with E-state index in [9.17, 15) is 24.5 Å². The van der Waals surface area contributed by atoms with Gasteiger partial charge in [-0.1, -0.05) is 73.7 Å². The first-order chi connectivity index (χ1) is 20.1. The van der Waals surface area contributed by atoms with E-state index < -0.39 is 34.3 Å². The van der Waals surface area contributed by atoms with Crippen LogP contribution < -0.4 is 16.0 Å². The van der Waals surface area contributed by atoms with E-state index in [2.05, 4.69) is 16.0 Å². The van der Waals surface area contributed by atoms with Gasteiger partial charge in [0, 0.05) is 19.2 Å². The molecule has 0 bridgehead atoms. The lowest BCUT2D eigenvalue weighted by atomic mass is 9.91. The second kappa shape index (κ2) is 13.2. The van der Waals surface area contributed by atoms with E-state index in [0.29, 0.717) is 12.1 Å². The summed E-state index contributed by atoms with van der Waals surface area (Å²) in [6.07, 6.45) is 0.271. The summed E-state index contributed by atoms with van der Waals surface area (Å²) in [6.45, 7) is 3.92. The van der Waals surface area contributed by atoms with Crippen molar-refractivity contribution >= 4 is 46.6 Å². The molecule has 2 atom stereocenters. The summed E-state index contributed by atoms with van der Waals surface area (Å²) in [7, 11) is 0. The van der Waals surface area contributed by atoms with Gasteiger partial charge < -0.3 is 20.7 Å². The number of hydrogen-bond donors (Lipinski definition) is 3. The number of hydrogen-bond acceptors (Lipinski definition) is 7. The van der Waals surface area contributed by atoms with Gasteiger partial charge >= 0.3 is 12.0 Å². The summed E-state index contributed by atoms with van der Waals surface area (Å²) < 4.78 is 5.37. The number of nitrogens with zero attached hydrogens (tertiary/aromatic N) is 2. The van der Waals surface area contributed by atoms with Crippen molar-refractivity contribution in [1.82, 2.24) is 15.5 Å². The Balaban J connectivity index is 1.29. The molecule has 3 N–H and O–H groups in total. The van der Waals surface area contributed by atoms with Crippen LogP contribution in [0.5, 0.6) is 0 Å².